The van der Waals surface area contributed by atoms with Gasteiger partial charge < -0.3 is 14.6 Å². The molecule has 0 aliphatic rings. The molecule has 0 atom stereocenters. The summed E-state index contributed by atoms with van der Waals surface area (Å²) in [5.41, 5.74) is 3.34. The van der Waals surface area contributed by atoms with Gasteiger partial charge in [0.05, 0.1) is 23.4 Å². The molecule has 0 aliphatic heterocycles. The third kappa shape index (κ3) is 5.04. The van der Waals surface area contributed by atoms with Crippen molar-refractivity contribution in [3.63, 3.8) is 0 Å². The molecule has 0 radical (unpaired) electrons. The summed E-state index contributed by atoms with van der Waals surface area (Å²) < 4.78 is 8.90. The van der Waals surface area contributed by atoms with Crippen LogP contribution in [0.1, 0.15) is 6.92 Å². The third-order valence-corrected chi connectivity index (χ3v) is 6.18. The first-order valence-electron chi connectivity index (χ1n) is 10.3. The Bertz CT molecular complexity index is 1270. The Kier molecular flexibility index (Phi) is 7.00. The standard InChI is InChI=1S/C23H23ClN6O2S/c1-4-30-22(17-13-29(2)28-21(17)15-8-6-5-7-9-15)26-27-23(30)33-14-20(31)25-16-10-11-19(32-3)18(24)12-16/h5-13H,4,14H2,1-3H3,(H,25,31). The molecule has 0 bridgehead atoms. The van der Waals surface area contributed by atoms with E-state index in [4.69, 9.17) is 16.3 Å². The van der Waals surface area contributed by atoms with Crippen LogP contribution in [0.5, 0.6) is 5.75 Å². The molecule has 1 amide bonds. The average Bonchev–Trinajstić information content (AvgIpc) is 3.41. The van der Waals surface area contributed by atoms with E-state index >= 15 is 0 Å². The normalized spacial score (nSPS) is 10.9. The molecule has 170 valence electrons. The molecule has 0 spiro atoms. The molecule has 0 unspecified atom stereocenters. The van der Waals surface area contributed by atoms with E-state index in [-0.39, 0.29) is 11.7 Å². The largest absolute Gasteiger partial charge is 0.495 e. The van der Waals surface area contributed by atoms with Gasteiger partial charge in [-0.2, -0.15) is 5.10 Å². The van der Waals surface area contributed by atoms with Crippen LogP contribution in [-0.4, -0.2) is 43.3 Å². The number of methoxy groups -OCH3 is 1. The summed E-state index contributed by atoms with van der Waals surface area (Å²) in [6.45, 7) is 2.68. The second-order valence-corrected chi connectivity index (χ2v) is 8.52. The van der Waals surface area contributed by atoms with Gasteiger partial charge in [-0.15, -0.1) is 10.2 Å². The van der Waals surface area contributed by atoms with Crippen LogP contribution in [0.15, 0.2) is 59.9 Å². The highest BCUT2D eigenvalue weighted by Gasteiger charge is 2.20. The molecule has 2 aromatic carbocycles. The van der Waals surface area contributed by atoms with Crippen LogP contribution in [0, 0.1) is 0 Å². The van der Waals surface area contributed by atoms with Crippen LogP contribution < -0.4 is 10.1 Å². The van der Waals surface area contributed by atoms with Crippen LogP contribution >= 0.6 is 23.4 Å². The minimum Gasteiger partial charge on any atom is -0.495 e. The lowest BCUT2D eigenvalue weighted by atomic mass is 10.1. The van der Waals surface area contributed by atoms with Crippen molar-refractivity contribution in [2.75, 3.05) is 18.2 Å². The maximum absolute atomic E-state index is 12.5. The van der Waals surface area contributed by atoms with Gasteiger partial charge in [-0.05, 0) is 25.1 Å². The number of nitrogens with zero attached hydrogens (tertiary/aromatic N) is 5. The SMILES string of the molecule is CCn1c(SCC(=O)Nc2ccc(OC)c(Cl)c2)nnc1-c1cn(C)nc1-c1ccccc1. The molecular weight excluding hydrogens is 460 g/mol. The topological polar surface area (TPSA) is 86.9 Å². The zero-order chi connectivity index (χ0) is 23.4. The first kappa shape index (κ1) is 22.9. The Hall–Kier alpha value is -3.30. The maximum Gasteiger partial charge on any atom is 0.234 e. The van der Waals surface area contributed by atoms with E-state index in [0.29, 0.717) is 34.0 Å². The van der Waals surface area contributed by atoms with Crippen molar-refractivity contribution in [3.8, 4) is 28.4 Å². The number of anilines is 1. The summed E-state index contributed by atoms with van der Waals surface area (Å²) in [6.07, 6.45) is 1.94. The van der Waals surface area contributed by atoms with Gasteiger partial charge in [0, 0.05) is 31.0 Å². The average molecular weight is 483 g/mol. The Morgan fingerprint density at radius 3 is 2.67 bits per heavy atom. The van der Waals surface area contributed by atoms with Crippen molar-refractivity contribution in [3.05, 3.63) is 59.8 Å². The maximum atomic E-state index is 12.5. The van der Waals surface area contributed by atoms with E-state index in [1.165, 1.54) is 11.8 Å². The lowest BCUT2D eigenvalue weighted by molar-refractivity contribution is -0.113. The zero-order valence-electron chi connectivity index (χ0n) is 18.4. The first-order valence-corrected chi connectivity index (χ1v) is 11.6. The number of rotatable bonds is 8. The summed E-state index contributed by atoms with van der Waals surface area (Å²) in [5, 5.41) is 17.3. The lowest BCUT2D eigenvalue weighted by Crippen LogP contribution is -2.14. The van der Waals surface area contributed by atoms with Crippen molar-refractivity contribution in [2.24, 2.45) is 7.05 Å². The van der Waals surface area contributed by atoms with Crippen LogP contribution in [0.3, 0.4) is 0 Å². The molecule has 2 heterocycles. The summed E-state index contributed by atoms with van der Waals surface area (Å²) in [7, 11) is 3.43. The number of hydrogen-bond acceptors (Lipinski definition) is 6. The molecule has 0 saturated carbocycles. The predicted molar refractivity (Wildman–Crippen MR) is 131 cm³/mol. The quantitative estimate of drug-likeness (QED) is 0.364. The summed E-state index contributed by atoms with van der Waals surface area (Å²) in [5.74, 6) is 1.28. The Labute approximate surface area is 200 Å². The number of benzene rings is 2. The first-order chi connectivity index (χ1) is 16.0. The van der Waals surface area contributed by atoms with E-state index in [2.05, 4.69) is 20.6 Å². The van der Waals surface area contributed by atoms with Crippen molar-refractivity contribution < 1.29 is 9.53 Å². The molecule has 2 aromatic heterocycles. The van der Waals surface area contributed by atoms with Crippen molar-refractivity contribution in [1.82, 2.24) is 24.5 Å². The minimum absolute atomic E-state index is 0.167. The number of aryl methyl sites for hydroxylation is 1. The van der Waals surface area contributed by atoms with Gasteiger partial charge in [0.2, 0.25) is 5.91 Å². The Balaban J connectivity index is 1.51. The van der Waals surface area contributed by atoms with E-state index in [9.17, 15) is 4.79 Å². The number of thioether (sulfide) groups is 1. The van der Waals surface area contributed by atoms with Crippen LogP contribution in [0.4, 0.5) is 5.69 Å². The smallest absolute Gasteiger partial charge is 0.234 e. The predicted octanol–water partition coefficient (Wildman–Crippen LogP) is 4.76. The fourth-order valence-electron chi connectivity index (χ4n) is 3.41. The number of nitrogens with one attached hydrogen (secondary N) is 1. The summed E-state index contributed by atoms with van der Waals surface area (Å²) in [6, 6.07) is 15.1. The van der Waals surface area contributed by atoms with Gasteiger partial charge in [-0.1, -0.05) is 53.7 Å². The van der Waals surface area contributed by atoms with Crippen molar-refractivity contribution >= 4 is 35.0 Å². The monoisotopic (exact) mass is 482 g/mol. The van der Waals surface area contributed by atoms with E-state index in [0.717, 1.165) is 16.8 Å². The Morgan fingerprint density at radius 2 is 1.97 bits per heavy atom. The third-order valence-electron chi connectivity index (χ3n) is 4.92. The molecule has 10 heteroatoms. The number of halogens is 1. The van der Waals surface area contributed by atoms with Crippen LogP contribution in [0.25, 0.3) is 22.6 Å². The lowest BCUT2D eigenvalue weighted by Gasteiger charge is -2.09. The van der Waals surface area contributed by atoms with E-state index in [1.807, 2.05) is 55.1 Å². The number of hydrogen-bond donors (Lipinski definition) is 1. The molecule has 0 fully saturated rings. The second-order valence-electron chi connectivity index (χ2n) is 7.17. The van der Waals surface area contributed by atoms with Gasteiger partial charge in [-0.3, -0.25) is 9.48 Å². The van der Waals surface area contributed by atoms with E-state index in [1.54, 1.807) is 30.0 Å². The fraction of sp³-hybridized carbons (Fsp3) is 0.217. The van der Waals surface area contributed by atoms with Gasteiger partial charge in [0.1, 0.15) is 11.4 Å². The van der Waals surface area contributed by atoms with Gasteiger partial charge in [0.25, 0.3) is 0 Å². The molecule has 33 heavy (non-hydrogen) atoms. The number of amides is 1. The van der Waals surface area contributed by atoms with Gasteiger partial charge in [0.15, 0.2) is 11.0 Å². The molecule has 1 N–H and O–H groups in total. The minimum atomic E-state index is -0.167. The van der Waals surface area contributed by atoms with Gasteiger partial charge in [-0.25, -0.2) is 0 Å². The highest BCUT2D eigenvalue weighted by atomic mass is 35.5. The zero-order valence-corrected chi connectivity index (χ0v) is 20.0. The van der Waals surface area contributed by atoms with E-state index < -0.39 is 0 Å². The van der Waals surface area contributed by atoms with Gasteiger partial charge >= 0.3 is 0 Å². The highest BCUT2D eigenvalue weighted by molar-refractivity contribution is 7.99. The second kappa shape index (κ2) is 10.1. The molecular formula is C23H23ClN6O2S. The molecule has 0 aliphatic carbocycles. The number of carbonyl (C=O) groups is 1. The highest BCUT2D eigenvalue weighted by Crippen LogP contribution is 2.32. The van der Waals surface area contributed by atoms with Crippen molar-refractivity contribution in [1.29, 1.82) is 0 Å². The number of aromatic nitrogens is 5. The molecule has 4 rings (SSSR count). The molecule has 0 saturated heterocycles. The summed E-state index contributed by atoms with van der Waals surface area (Å²) in [4.78, 5) is 12.5. The molecule has 4 aromatic rings. The number of carbonyl (C=O) groups excluding carboxylic acids is 1. The van der Waals surface area contributed by atoms with Crippen LogP contribution in [-0.2, 0) is 18.4 Å². The Morgan fingerprint density at radius 1 is 1.18 bits per heavy atom. The summed E-state index contributed by atoms with van der Waals surface area (Å²) >= 11 is 7.46. The molecule has 8 nitrogen and oxygen atoms in total. The van der Waals surface area contributed by atoms with Crippen LogP contribution in [0.2, 0.25) is 5.02 Å². The van der Waals surface area contributed by atoms with Crippen molar-refractivity contribution in [2.45, 2.75) is 18.6 Å². The fourth-order valence-corrected chi connectivity index (χ4v) is 4.47. The number of ether oxygens (including phenoxy) is 1.